The van der Waals surface area contributed by atoms with E-state index < -0.39 is 24.3 Å². The maximum absolute atomic E-state index is 12.0. The molecule has 0 aliphatic heterocycles. The Kier molecular flexibility index (Phi) is 21.2. The number of rotatable bonds is 25. The average Bonchev–Trinajstić information content (AvgIpc) is 2.80. The summed E-state index contributed by atoms with van der Waals surface area (Å²) in [5.74, 6) is -2.17. The average molecular weight is 499 g/mol. The number of nitrogens with two attached hydrogens (primary N) is 3. The van der Waals surface area contributed by atoms with Crippen molar-refractivity contribution in [3.8, 4) is 0 Å². The Morgan fingerprint density at radius 2 is 1.14 bits per heavy atom. The van der Waals surface area contributed by atoms with Gasteiger partial charge in [0, 0.05) is 12.8 Å². The highest BCUT2D eigenvalue weighted by atomic mass is 16.4. The molecular weight excluding hydrogens is 448 g/mol. The lowest BCUT2D eigenvalue weighted by Gasteiger charge is -2.12. The van der Waals surface area contributed by atoms with Crippen LogP contribution in [0.3, 0.4) is 0 Å². The molecule has 0 saturated heterocycles. The van der Waals surface area contributed by atoms with Crippen molar-refractivity contribution in [2.45, 2.75) is 134 Å². The first-order valence-electron chi connectivity index (χ1n) is 13.6. The van der Waals surface area contributed by atoms with Gasteiger partial charge in [-0.15, -0.1) is 0 Å². The van der Waals surface area contributed by atoms with Crippen molar-refractivity contribution < 1.29 is 24.3 Å². The second-order valence-electron chi connectivity index (χ2n) is 9.58. The fraction of sp³-hybridized carbons (Fsp3) is 0.846. The molecule has 0 heterocycles. The van der Waals surface area contributed by atoms with Gasteiger partial charge in [-0.25, -0.2) is 4.79 Å². The van der Waals surface area contributed by atoms with Crippen LogP contribution < -0.4 is 22.5 Å². The zero-order chi connectivity index (χ0) is 26.3. The fourth-order valence-corrected chi connectivity index (χ4v) is 4.05. The number of carboxylic acid groups (broad SMARTS) is 1. The molecule has 2 amide bonds. The Labute approximate surface area is 211 Å². The zero-order valence-electron chi connectivity index (χ0n) is 21.6. The zero-order valence-corrected chi connectivity index (χ0v) is 21.6. The molecule has 9 nitrogen and oxygen atoms in total. The van der Waals surface area contributed by atoms with Gasteiger partial charge in [0.15, 0.2) is 0 Å². The first kappa shape index (κ1) is 33.0. The number of primary amides is 1. The summed E-state index contributed by atoms with van der Waals surface area (Å²) >= 11 is 0. The second-order valence-corrected chi connectivity index (χ2v) is 9.58. The molecule has 0 aromatic carbocycles. The summed E-state index contributed by atoms with van der Waals surface area (Å²) in [5, 5.41) is 11.3. The Morgan fingerprint density at radius 3 is 1.57 bits per heavy atom. The van der Waals surface area contributed by atoms with E-state index in [0.29, 0.717) is 19.4 Å². The van der Waals surface area contributed by atoms with Crippen LogP contribution in [0.1, 0.15) is 122 Å². The van der Waals surface area contributed by atoms with Gasteiger partial charge in [-0.1, -0.05) is 77.0 Å². The first-order valence-corrected chi connectivity index (χ1v) is 13.6. The third-order valence-corrected chi connectivity index (χ3v) is 6.25. The van der Waals surface area contributed by atoms with Crippen LogP contribution in [-0.2, 0) is 19.2 Å². The molecular formula is C26H50N4O5. The number of unbranched alkanes of at least 4 members (excludes halogenated alkanes) is 13. The highest BCUT2D eigenvalue weighted by molar-refractivity contribution is 5.88. The van der Waals surface area contributed by atoms with Crippen molar-refractivity contribution in [1.82, 2.24) is 5.32 Å². The van der Waals surface area contributed by atoms with Gasteiger partial charge < -0.3 is 27.6 Å². The molecule has 8 N–H and O–H groups in total. The Bertz CT molecular complexity index is 600. The summed E-state index contributed by atoms with van der Waals surface area (Å²) < 4.78 is 0. The van der Waals surface area contributed by atoms with Gasteiger partial charge in [0.1, 0.15) is 11.8 Å². The number of hydrogen-bond donors (Lipinski definition) is 5. The Balaban J connectivity index is 3.45. The molecule has 204 valence electrons. The minimum atomic E-state index is -1.25. The summed E-state index contributed by atoms with van der Waals surface area (Å²) in [6.07, 6.45) is 17.5. The van der Waals surface area contributed by atoms with Crippen LogP contribution in [0.2, 0.25) is 0 Å². The molecule has 0 aliphatic rings. The standard InChI is InChI=1S/C26H50N4O5/c27-19-15-14-16-21(28)23(31)17-12-10-8-6-4-2-1-3-5-7-9-11-13-18-25(33)30-22(26(34)35)20-24(29)32/h21-22H,1-20,27-28H2,(H2,29,32)(H,30,33)(H,34,35)/t21-,22-/m0/s1. The molecule has 0 radical (unpaired) electrons. The van der Waals surface area contributed by atoms with Gasteiger partial charge in [0.2, 0.25) is 11.8 Å². The number of aliphatic carboxylic acids is 1. The molecule has 0 aromatic heterocycles. The topological polar surface area (TPSA) is 179 Å². The van der Waals surface area contributed by atoms with Gasteiger partial charge in [-0.3, -0.25) is 14.4 Å². The van der Waals surface area contributed by atoms with Gasteiger partial charge in [-0.2, -0.15) is 0 Å². The lowest BCUT2D eigenvalue weighted by atomic mass is 10.0. The van der Waals surface area contributed by atoms with E-state index in [-0.39, 0.29) is 24.2 Å². The Hall–Kier alpha value is -2.00. The number of Topliss-reactive ketones (excluding diaryl/α,β-unsaturated/α-hetero) is 1. The molecule has 0 aromatic rings. The highest BCUT2D eigenvalue weighted by Gasteiger charge is 2.21. The summed E-state index contributed by atoms with van der Waals surface area (Å²) in [6, 6.07) is -1.56. The Morgan fingerprint density at radius 1 is 0.686 bits per heavy atom. The van der Waals surface area contributed by atoms with Crippen LogP contribution in [0.15, 0.2) is 0 Å². The van der Waals surface area contributed by atoms with Crippen molar-refractivity contribution >= 4 is 23.6 Å². The molecule has 0 unspecified atom stereocenters. The molecule has 35 heavy (non-hydrogen) atoms. The lowest BCUT2D eigenvalue weighted by Crippen LogP contribution is -2.43. The van der Waals surface area contributed by atoms with Crippen LogP contribution in [0.5, 0.6) is 0 Å². The summed E-state index contributed by atoms with van der Waals surface area (Å²) in [5.41, 5.74) is 16.4. The van der Waals surface area contributed by atoms with Crippen molar-refractivity contribution in [3.05, 3.63) is 0 Å². The lowest BCUT2D eigenvalue weighted by molar-refractivity contribution is -0.143. The molecule has 0 fully saturated rings. The minimum Gasteiger partial charge on any atom is -0.480 e. The number of amides is 2. The highest BCUT2D eigenvalue weighted by Crippen LogP contribution is 2.14. The smallest absolute Gasteiger partial charge is 0.326 e. The van der Waals surface area contributed by atoms with E-state index in [1.165, 1.54) is 44.9 Å². The summed E-state index contributed by atoms with van der Waals surface area (Å²) in [4.78, 5) is 45.6. The van der Waals surface area contributed by atoms with E-state index in [2.05, 4.69) is 5.32 Å². The molecule has 0 aliphatic carbocycles. The van der Waals surface area contributed by atoms with Gasteiger partial charge in [-0.05, 0) is 32.2 Å². The second kappa shape index (κ2) is 22.5. The largest absolute Gasteiger partial charge is 0.480 e. The van der Waals surface area contributed by atoms with Crippen LogP contribution in [-0.4, -0.2) is 47.3 Å². The number of ketones is 1. The van der Waals surface area contributed by atoms with Gasteiger partial charge in [0.05, 0.1) is 12.5 Å². The van der Waals surface area contributed by atoms with E-state index >= 15 is 0 Å². The van der Waals surface area contributed by atoms with Crippen molar-refractivity contribution in [2.24, 2.45) is 17.2 Å². The molecule has 0 saturated carbocycles. The van der Waals surface area contributed by atoms with E-state index in [1.54, 1.807) is 0 Å². The SMILES string of the molecule is NCCCC[C@H](N)C(=O)CCCCCCCCCCCCCCCC(=O)N[C@@H](CC(N)=O)C(=O)O. The predicted molar refractivity (Wildman–Crippen MR) is 139 cm³/mol. The van der Waals surface area contributed by atoms with E-state index in [9.17, 15) is 19.2 Å². The molecule has 0 rings (SSSR count). The van der Waals surface area contributed by atoms with Crippen molar-refractivity contribution in [1.29, 1.82) is 0 Å². The van der Waals surface area contributed by atoms with Crippen LogP contribution in [0.25, 0.3) is 0 Å². The first-order chi connectivity index (χ1) is 16.8. The van der Waals surface area contributed by atoms with Crippen LogP contribution in [0.4, 0.5) is 0 Å². The maximum Gasteiger partial charge on any atom is 0.326 e. The third-order valence-electron chi connectivity index (χ3n) is 6.25. The summed E-state index contributed by atoms with van der Waals surface area (Å²) in [7, 11) is 0. The van der Waals surface area contributed by atoms with E-state index in [0.717, 1.165) is 51.4 Å². The number of carbonyl (C=O) groups excluding carboxylic acids is 3. The quantitative estimate of drug-likeness (QED) is 0.120. The van der Waals surface area contributed by atoms with Gasteiger partial charge >= 0.3 is 5.97 Å². The van der Waals surface area contributed by atoms with Crippen LogP contribution >= 0.6 is 0 Å². The molecule has 9 heteroatoms. The minimum absolute atomic E-state index is 0.192. The van der Waals surface area contributed by atoms with E-state index in [4.69, 9.17) is 22.3 Å². The molecule has 0 bridgehead atoms. The number of carboxylic acids is 1. The van der Waals surface area contributed by atoms with Crippen molar-refractivity contribution in [3.63, 3.8) is 0 Å². The number of carbonyl (C=O) groups is 4. The summed E-state index contributed by atoms with van der Waals surface area (Å²) in [6.45, 7) is 0.657. The molecule has 2 atom stereocenters. The van der Waals surface area contributed by atoms with Crippen molar-refractivity contribution in [2.75, 3.05) is 6.54 Å². The van der Waals surface area contributed by atoms with Gasteiger partial charge in [0.25, 0.3) is 0 Å². The predicted octanol–water partition coefficient (Wildman–Crippen LogP) is 3.31. The number of hydrogen-bond acceptors (Lipinski definition) is 6. The third kappa shape index (κ3) is 21.0. The number of nitrogens with one attached hydrogen (secondary N) is 1. The maximum atomic E-state index is 12.0. The monoisotopic (exact) mass is 498 g/mol. The van der Waals surface area contributed by atoms with E-state index in [1.807, 2.05) is 0 Å². The van der Waals surface area contributed by atoms with Crippen LogP contribution in [0, 0.1) is 0 Å². The normalized spacial score (nSPS) is 12.7. The molecule has 0 spiro atoms. The fourth-order valence-electron chi connectivity index (χ4n) is 4.05.